The average molecular weight is 236 g/mol. The molecule has 17 heavy (non-hydrogen) atoms. The van der Waals surface area contributed by atoms with Crippen LogP contribution in [0.4, 0.5) is 4.79 Å². The maximum Gasteiger partial charge on any atom is 0.419 e. The highest BCUT2D eigenvalue weighted by atomic mass is 16.6. The molecule has 7 heteroatoms. The molecule has 0 aliphatic carbocycles. The van der Waals surface area contributed by atoms with Crippen molar-refractivity contribution in [2.75, 3.05) is 6.54 Å². The van der Waals surface area contributed by atoms with E-state index >= 15 is 0 Å². The monoisotopic (exact) mass is 236 g/mol. The van der Waals surface area contributed by atoms with Crippen LogP contribution in [-0.4, -0.2) is 39.6 Å². The van der Waals surface area contributed by atoms with Gasteiger partial charge in [0, 0.05) is 32.3 Å². The van der Waals surface area contributed by atoms with Crippen LogP contribution in [0.25, 0.3) is 0 Å². The standard InChI is InChI=1S/C10H12N4O3/c1-7(15)13-8-3-6-14(8)10(16)17-9-11-4-2-5-12-9/h2,4-5,8H,3,6H2,1H3,(H,13,15). The van der Waals surface area contributed by atoms with Crippen LogP contribution in [0.3, 0.4) is 0 Å². The van der Waals surface area contributed by atoms with Gasteiger partial charge in [0.25, 0.3) is 0 Å². The summed E-state index contributed by atoms with van der Waals surface area (Å²) in [6.45, 7) is 1.96. The molecule has 90 valence electrons. The van der Waals surface area contributed by atoms with E-state index < -0.39 is 6.09 Å². The number of carbonyl (C=O) groups is 2. The molecule has 1 fully saturated rings. The Morgan fingerprint density at radius 1 is 1.47 bits per heavy atom. The Bertz CT molecular complexity index is 423. The zero-order valence-electron chi connectivity index (χ0n) is 9.29. The first-order valence-corrected chi connectivity index (χ1v) is 5.19. The molecule has 0 spiro atoms. The molecule has 1 aliphatic heterocycles. The molecule has 2 rings (SSSR count). The third-order valence-corrected chi connectivity index (χ3v) is 2.34. The Balaban J connectivity index is 1.91. The second-order valence-electron chi connectivity index (χ2n) is 3.60. The van der Waals surface area contributed by atoms with E-state index in [2.05, 4.69) is 15.3 Å². The summed E-state index contributed by atoms with van der Waals surface area (Å²) in [6.07, 6.45) is 2.85. The van der Waals surface area contributed by atoms with E-state index in [1.165, 1.54) is 24.2 Å². The quantitative estimate of drug-likeness (QED) is 0.789. The fourth-order valence-electron chi connectivity index (χ4n) is 1.47. The summed E-state index contributed by atoms with van der Waals surface area (Å²) in [4.78, 5) is 31.5. The smallest absolute Gasteiger partial charge is 0.374 e. The molecule has 1 aromatic heterocycles. The van der Waals surface area contributed by atoms with Crippen LogP contribution in [0, 0.1) is 0 Å². The molecule has 0 bridgehead atoms. The van der Waals surface area contributed by atoms with Gasteiger partial charge in [-0.1, -0.05) is 0 Å². The zero-order valence-corrected chi connectivity index (χ0v) is 9.29. The van der Waals surface area contributed by atoms with Crippen LogP contribution in [0.15, 0.2) is 18.5 Å². The summed E-state index contributed by atoms with van der Waals surface area (Å²) >= 11 is 0. The van der Waals surface area contributed by atoms with Gasteiger partial charge in [-0.05, 0) is 6.07 Å². The normalized spacial score (nSPS) is 18.2. The van der Waals surface area contributed by atoms with E-state index in [1.54, 1.807) is 6.07 Å². The summed E-state index contributed by atoms with van der Waals surface area (Å²) in [5, 5.41) is 2.64. The predicted molar refractivity (Wildman–Crippen MR) is 57.0 cm³/mol. The number of carbonyl (C=O) groups excluding carboxylic acids is 2. The van der Waals surface area contributed by atoms with Gasteiger partial charge >= 0.3 is 12.1 Å². The van der Waals surface area contributed by atoms with E-state index in [4.69, 9.17) is 4.74 Å². The lowest BCUT2D eigenvalue weighted by atomic mass is 10.1. The average Bonchev–Trinajstić information content (AvgIpc) is 2.25. The molecule has 1 unspecified atom stereocenters. The van der Waals surface area contributed by atoms with Crippen molar-refractivity contribution < 1.29 is 14.3 Å². The van der Waals surface area contributed by atoms with Gasteiger partial charge in [-0.25, -0.2) is 14.8 Å². The SMILES string of the molecule is CC(=O)NC1CCN1C(=O)Oc1ncccn1. The summed E-state index contributed by atoms with van der Waals surface area (Å²) < 4.78 is 4.94. The van der Waals surface area contributed by atoms with Gasteiger partial charge in [0.05, 0.1) is 0 Å². The van der Waals surface area contributed by atoms with E-state index in [1.807, 2.05) is 0 Å². The first kappa shape index (κ1) is 11.3. The molecule has 1 N–H and O–H groups in total. The lowest BCUT2D eigenvalue weighted by molar-refractivity contribution is -0.121. The highest BCUT2D eigenvalue weighted by Gasteiger charge is 2.34. The largest absolute Gasteiger partial charge is 0.419 e. The lowest BCUT2D eigenvalue weighted by Gasteiger charge is -2.39. The Morgan fingerprint density at radius 2 is 2.18 bits per heavy atom. The van der Waals surface area contributed by atoms with Gasteiger partial charge in [-0.15, -0.1) is 0 Å². The summed E-state index contributed by atoms with van der Waals surface area (Å²) in [5.74, 6) is -0.177. The molecule has 1 aliphatic rings. The summed E-state index contributed by atoms with van der Waals surface area (Å²) in [5.41, 5.74) is 0. The first-order valence-electron chi connectivity index (χ1n) is 5.19. The number of nitrogens with one attached hydrogen (secondary N) is 1. The van der Waals surface area contributed by atoms with Crippen LogP contribution >= 0.6 is 0 Å². The number of aromatic nitrogens is 2. The zero-order chi connectivity index (χ0) is 12.3. The van der Waals surface area contributed by atoms with E-state index in [0.717, 1.165) is 6.42 Å². The molecule has 1 saturated heterocycles. The number of hydrogen-bond acceptors (Lipinski definition) is 5. The molecular formula is C10H12N4O3. The predicted octanol–water partition coefficient (Wildman–Crippen LogP) is 0.143. The van der Waals surface area contributed by atoms with Crippen LogP contribution < -0.4 is 10.1 Å². The number of amides is 2. The highest BCUT2D eigenvalue weighted by Crippen LogP contribution is 2.16. The number of nitrogens with zero attached hydrogens (tertiary/aromatic N) is 3. The van der Waals surface area contributed by atoms with Crippen LogP contribution in [-0.2, 0) is 4.79 Å². The Morgan fingerprint density at radius 3 is 2.71 bits per heavy atom. The first-order chi connectivity index (χ1) is 8.16. The highest BCUT2D eigenvalue weighted by molar-refractivity contribution is 5.75. The van der Waals surface area contributed by atoms with Gasteiger partial charge in [0.1, 0.15) is 6.17 Å². The van der Waals surface area contributed by atoms with Gasteiger partial charge in [-0.3, -0.25) is 9.69 Å². The van der Waals surface area contributed by atoms with Crippen molar-refractivity contribution in [3.05, 3.63) is 18.5 Å². The Labute approximate surface area is 97.8 Å². The molecule has 0 aromatic carbocycles. The van der Waals surface area contributed by atoms with Crippen molar-refractivity contribution in [1.29, 1.82) is 0 Å². The van der Waals surface area contributed by atoms with Gasteiger partial charge < -0.3 is 10.1 Å². The number of hydrogen-bond donors (Lipinski definition) is 1. The third kappa shape index (κ3) is 2.68. The second-order valence-corrected chi connectivity index (χ2v) is 3.60. The van der Waals surface area contributed by atoms with Crippen LogP contribution in [0.1, 0.15) is 13.3 Å². The molecule has 0 radical (unpaired) electrons. The van der Waals surface area contributed by atoms with E-state index in [9.17, 15) is 9.59 Å². The van der Waals surface area contributed by atoms with Gasteiger partial charge in [0.2, 0.25) is 5.91 Å². The third-order valence-electron chi connectivity index (χ3n) is 2.34. The van der Waals surface area contributed by atoms with Crippen molar-refractivity contribution >= 4 is 12.0 Å². The molecule has 2 amide bonds. The Hall–Kier alpha value is -2.18. The summed E-state index contributed by atoms with van der Waals surface area (Å²) in [6, 6.07) is 1.63. The number of rotatable bonds is 2. The molecule has 0 saturated carbocycles. The maximum atomic E-state index is 11.7. The Kier molecular flexibility index (Phi) is 3.17. The van der Waals surface area contributed by atoms with Crippen LogP contribution in [0.2, 0.25) is 0 Å². The van der Waals surface area contributed by atoms with E-state index in [0.29, 0.717) is 6.54 Å². The van der Waals surface area contributed by atoms with Crippen molar-refractivity contribution in [1.82, 2.24) is 20.2 Å². The second kappa shape index (κ2) is 4.77. The fraction of sp³-hybridized carbons (Fsp3) is 0.400. The number of likely N-dealkylation sites (tertiary alicyclic amines) is 1. The topological polar surface area (TPSA) is 84.4 Å². The minimum atomic E-state index is -0.554. The molecule has 1 aromatic rings. The van der Waals surface area contributed by atoms with Crippen molar-refractivity contribution in [2.24, 2.45) is 0 Å². The van der Waals surface area contributed by atoms with Gasteiger partial charge in [0.15, 0.2) is 0 Å². The van der Waals surface area contributed by atoms with E-state index in [-0.39, 0.29) is 18.1 Å². The minimum absolute atomic E-state index is 0.00553. The maximum absolute atomic E-state index is 11.7. The van der Waals surface area contributed by atoms with Crippen molar-refractivity contribution in [3.8, 4) is 6.01 Å². The number of ether oxygens (including phenoxy) is 1. The molecule has 7 nitrogen and oxygen atoms in total. The molecular weight excluding hydrogens is 224 g/mol. The van der Waals surface area contributed by atoms with Gasteiger partial charge in [-0.2, -0.15) is 0 Å². The lowest BCUT2D eigenvalue weighted by Crippen LogP contribution is -2.60. The van der Waals surface area contributed by atoms with Crippen LogP contribution in [0.5, 0.6) is 6.01 Å². The summed E-state index contributed by atoms with van der Waals surface area (Å²) in [7, 11) is 0. The van der Waals surface area contributed by atoms with Crippen molar-refractivity contribution in [2.45, 2.75) is 19.5 Å². The molecule has 1 atom stereocenters. The molecule has 2 heterocycles. The fourth-order valence-corrected chi connectivity index (χ4v) is 1.47. The minimum Gasteiger partial charge on any atom is -0.374 e. The van der Waals surface area contributed by atoms with Crippen molar-refractivity contribution in [3.63, 3.8) is 0 Å².